The first-order chi connectivity index (χ1) is 5.74. The predicted molar refractivity (Wildman–Crippen MR) is 50.1 cm³/mol. The summed E-state index contributed by atoms with van der Waals surface area (Å²) in [5, 5.41) is 0. The smallest absolute Gasteiger partial charge is 0.0583 e. The molecule has 2 atom stereocenters. The molecule has 2 unspecified atom stereocenters. The van der Waals surface area contributed by atoms with Crippen LogP contribution in [0.5, 0.6) is 0 Å². The van der Waals surface area contributed by atoms with Crippen LogP contribution in [0.25, 0.3) is 0 Å². The molecule has 2 aliphatic carbocycles. The maximum absolute atomic E-state index is 5.87. The number of rotatable bonds is 2. The maximum Gasteiger partial charge on any atom is 0.0583 e. The SMILES string of the molecule is CC(C)OC1CC2CCC(C2)C1. The summed E-state index contributed by atoms with van der Waals surface area (Å²) in [6, 6.07) is 0. The second-order valence-corrected chi connectivity index (χ2v) is 4.82. The van der Waals surface area contributed by atoms with Crippen molar-refractivity contribution in [1.82, 2.24) is 0 Å². The fourth-order valence-electron chi connectivity index (χ4n) is 2.94. The molecule has 0 radical (unpaired) electrons. The first-order valence-electron chi connectivity index (χ1n) is 5.39. The number of hydrogen-bond acceptors (Lipinski definition) is 1. The number of fused-ring (bicyclic) bond motifs is 2. The summed E-state index contributed by atoms with van der Waals surface area (Å²) in [5.41, 5.74) is 0. The lowest BCUT2D eigenvalue weighted by Crippen LogP contribution is -2.26. The summed E-state index contributed by atoms with van der Waals surface area (Å²) in [6.07, 6.45) is 8.15. The quantitative estimate of drug-likeness (QED) is 0.616. The van der Waals surface area contributed by atoms with Gasteiger partial charge in [-0.1, -0.05) is 12.8 Å². The Morgan fingerprint density at radius 2 is 1.58 bits per heavy atom. The molecule has 0 aromatic rings. The Morgan fingerprint density at radius 3 is 2.08 bits per heavy atom. The van der Waals surface area contributed by atoms with E-state index < -0.39 is 0 Å². The van der Waals surface area contributed by atoms with Crippen LogP contribution in [0.2, 0.25) is 0 Å². The Hall–Kier alpha value is -0.0400. The van der Waals surface area contributed by atoms with E-state index in [1.54, 1.807) is 0 Å². The molecule has 12 heavy (non-hydrogen) atoms. The number of ether oxygens (including phenoxy) is 1. The summed E-state index contributed by atoms with van der Waals surface area (Å²) in [5.74, 6) is 2.01. The van der Waals surface area contributed by atoms with Crippen molar-refractivity contribution < 1.29 is 4.74 Å². The van der Waals surface area contributed by atoms with Gasteiger partial charge in [0.15, 0.2) is 0 Å². The standard InChI is InChI=1S/C11H20O/c1-8(2)12-11-6-9-3-4-10(5-9)7-11/h8-11H,3-7H2,1-2H3. The second kappa shape index (κ2) is 3.37. The fourth-order valence-corrected chi connectivity index (χ4v) is 2.94. The van der Waals surface area contributed by atoms with Crippen molar-refractivity contribution in [3.05, 3.63) is 0 Å². The van der Waals surface area contributed by atoms with Crippen LogP contribution in [-0.2, 0) is 4.74 Å². The molecule has 70 valence electrons. The Kier molecular flexibility index (Phi) is 2.40. The van der Waals surface area contributed by atoms with E-state index in [9.17, 15) is 0 Å². The van der Waals surface area contributed by atoms with Crippen LogP contribution in [-0.4, -0.2) is 12.2 Å². The molecule has 0 heterocycles. The summed E-state index contributed by atoms with van der Waals surface area (Å²) in [7, 11) is 0. The van der Waals surface area contributed by atoms with Gasteiger partial charge in [-0.3, -0.25) is 0 Å². The van der Waals surface area contributed by atoms with Gasteiger partial charge in [-0.05, 0) is 44.9 Å². The van der Waals surface area contributed by atoms with E-state index in [4.69, 9.17) is 4.74 Å². The molecule has 1 heteroatoms. The zero-order valence-electron chi connectivity index (χ0n) is 8.25. The van der Waals surface area contributed by atoms with Crippen molar-refractivity contribution in [1.29, 1.82) is 0 Å². The van der Waals surface area contributed by atoms with Gasteiger partial charge in [0.05, 0.1) is 12.2 Å². The molecule has 0 N–H and O–H groups in total. The third kappa shape index (κ3) is 1.82. The highest BCUT2D eigenvalue weighted by molar-refractivity contribution is 4.85. The molecular weight excluding hydrogens is 148 g/mol. The largest absolute Gasteiger partial charge is 0.376 e. The van der Waals surface area contributed by atoms with Crippen molar-refractivity contribution in [3.8, 4) is 0 Å². The van der Waals surface area contributed by atoms with Gasteiger partial charge in [-0.15, -0.1) is 0 Å². The minimum Gasteiger partial charge on any atom is -0.376 e. The molecule has 2 saturated carbocycles. The summed E-state index contributed by atoms with van der Waals surface area (Å²) >= 11 is 0. The van der Waals surface area contributed by atoms with Crippen molar-refractivity contribution >= 4 is 0 Å². The van der Waals surface area contributed by atoms with Crippen LogP contribution in [0.15, 0.2) is 0 Å². The molecule has 0 aromatic heterocycles. The van der Waals surface area contributed by atoms with E-state index in [0.29, 0.717) is 12.2 Å². The van der Waals surface area contributed by atoms with Gasteiger partial charge in [0.25, 0.3) is 0 Å². The van der Waals surface area contributed by atoms with Crippen LogP contribution in [0, 0.1) is 11.8 Å². The Morgan fingerprint density at radius 1 is 1.00 bits per heavy atom. The molecule has 1 nitrogen and oxygen atoms in total. The fraction of sp³-hybridized carbons (Fsp3) is 1.00. The zero-order valence-corrected chi connectivity index (χ0v) is 8.25. The Balaban J connectivity index is 1.85. The molecule has 2 bridgehead atoms. The normalized spacial score (nSPS) is 40.8. The van der Waals surface area contributed by atoms with Crippen molar-refractivity contribution in [2.75, 3.05) is 0 Å². The first-order valence-corrected chi connectivity index (χ1v) is 5.39. The van der Waals surface area contributed by atoms with Crippen LogP contribution in [0.1, 0.15) is 46.0 Å². The van der Waals surface area contributed by atoms with Gasteiger partial charge < -0.3 is 4.74 Å². The van der Waals surface area contributed by atoms with Crippen molar-refractivity contribution in [3.63, 3.8) is 0 Å². The van der Waals surface area contributed by atoms with Gasteiger partial charge in [0.1, 0.15) is 0 Å². The summed E-state index contributed by atoms with van der Waals surface area (Å²) < 4.78 is 5.87. The van der Waals surface area contributed by atoms with Gasteiger partial charge in [-0.25, -0.2) is 0 Å². The summed E-state index contributed by atoms with van der Waals surface area (Å²) in [6.45, 7) is 4.30. The topological polar surface area (TPSA) is 9.23 Å². The minimum atomic E-state index is 0.424. The molecule has 0 amide bonds. The van der Waals surface area contributed by atoms with Gasteiger partial charge in [0.2, 0.25) is 0 Å². The third-order valence-corrected chi connectivity index (χ3v) is 3.31. The average Bonchev–Trinajstić information content (AvgIpc) is 2.29. The third-order valence-electron chi connectivity index (χ3n) is 3.31. The van der Waals surface area contributed by atoms with Crippen molar-refractivity contribution in [2.24, 2.45) is 11.8 Å². The maximum atomic E-state index is 5.87. The van der Waals surface area contributed by atoms with E-state index in [0.717, 1.165) is 11.8 Å². The lowest BCUT2D eigenvalue weighted by atomic mass is 9.87. The van der Waals surface area contributed by atoms with Gasteiger partial charge in [0, 0.05) is 0 Å². The van der Waals surface area contributed by atoms with Crippen LogP contribution < -0.4 is 0 Å². The lowest BCUT2D eigenvalue weighted by molar-refractivity contribution is -0.0265. The monoisotopic (exact) mass is 168 g/mol. The van der Waals surface area contributed by atoms with E-state index in [1.165, 1.54) is 32.1 Å². The highest BCUT2D eigenvalue weighted by Crippen LogP contribution is 2.43. The average molecular weight is 168 g/mol. The predicted octanol–water partition coefficient (Wildman–Crippen LogP) is 2.99. The first kappa shape index (κ1) is 8.55. The highest BCUT2D eigenvalue weighted by atomic mass is 16.5. The van der Waals surface area contributed by atoms with Gasteiger partial charge >= 0.3 is 0 Å². The van der Waals surface area contributed by atoms with Crippen LogP contribution in [0.3, 0.4) is 0 Å². The second-order valence-electron chi connectivity index (χ2n) is 4.82. The molecule has 2 aliphatic rings. The van der Waals surface area contributed by atoms with Crippen molar-refractivity contribution in [2.45, 2.75) is 58.2 Å². The molecule has 0 aliphatic heterocycles. The molecular formula is C11H20O. The van der Waals surface area contributed by atoms with Crippen LogP contribution in [0.4, 0.5) is 0 Å². The highest BCUT2D eigenvalue weighted by Gasteiger charge is 2.34. The van der Waals surface area contributed by atoms with E-state index in [2.05, 4.69) is 13.8 Å². The number of hydrogen-bond donors (Lipinski definition) is 0. The Bertz CT molecular complexity index is 141. The summed E-state index contributed by atoms with van der Waals surface area (Å²) in [4.78, 5) is 0. The lowest BCUT2D eigenvalue weighted by Gasteiger charge is -2.29. The van der Waals surface area contributed by atoms with E-state index >= 15 is 0 Å². The minimum absolute atomic E-state index is 0.424. The molecule has 0 saturated heterocycles. The molecule has 2 rings (SSSR count). The molecule has 2 fully saturated rings. The van der Waals surface area contributed by atoms with E-state index in [-0.39, 0.29) is 0 Å². The Labute approximate surface area is 75.5 Å². The van der Waals surface area contributed by atoms with Crippen LogP contribution >= 0.6 is 0 Å². The van der Waals surface area contributed by atoms with E-state index in [1.807, 2.05) is 0 Å². The zero-order chi connectivity index (χ0) is 8.55. The van der Waals surface area contributed by atoms with Gasteiger partial charge in [-0.2, -0.15) is 0 Å². The molecule has 0 aromatic carbocycles. The molecule has 0 spiro atoms.